The predicted octanol–water partition coefficient (Wildman–Crippen LogP) is 4.21. The maximum absolute atomic E-state index is 12.1. The van der Waals surface area contributed by atoms with Gasteiger partial charge in [0.05, 0.1) is 0 Å². The van der Waals surface area contributed by atoms with Crippen LogP contribution in [0.4, 0.5) is 0 Å². The predicted molar refractivity (Wildman–Crippen MR) is 85.9 cm³/mol. The van der Waals surface area contributed by atoms with E-state index in [1.54, 1.807) is 6.08 Å². The molecule has 1 rings (SSSR count). The highest BCUT2D eigenvalue weighted by molar-refractivity contribution is 7.92. The summed E-state index contributed by atoms with van der Waals surface area (Å²) in [7, 11) is -3.31. The molecule has 0 aliphatic heterocycles. The zero-order valence-corrected chi connectivity index (χ0v) is 14.7. The summed E-state index contributed by atoms with van der Waals surface area (Å²) in [6.45, 7) is 12.9. The van der Waals surface area contributed by atoms with Crippen molar-refractivity contribution < 1.29 is 8.42 Å². The number of rotatable bonds is 6. The molecule has 1 saturated carbocycles. The summed E-state index contributed by atoms with van der Waals surface area (Å²) < 4.78 is 27.1. The Balaban J connectivity index is 2.47. The fourth-order valence-electron chi connectivity index (χ4n) is 2.38. The van der Waals surface area contributed by atoms with Crippen LogP contribution in [0.15, 0.2) is 11.5 Å². The minimum atomic E-state index is -3.31. The minimum Gasteiger partial charge on any atom is -0.208 e. The van der Waals surface area contributed by atoms with Gasteiger partial charge >= 0.3 is 0 Å². The summed E-state index contributed by atoms with van der Waals surface area (Å²) in [5.41, 5.74) is 0.0526. The smallest absolute Gasteiger partial charge is 0.208 e. The molecule has 0 bridgehead atoms. The molecular formula is C16H31NO2S. The van der Waals surface area contributed by atoms with Crippen molar-refractivity contribution in [1.29, 1.82) is 0 Å². The Morgan fingerprint density at radius 3 is 2.05 bits per heavy atom. The van der Waals surface area contributed by atoms with Crippen molar-refractivity contribution >= 4 is 10.0 Å². The second kappa shape index (κ2) is 5.80. The lowest BCUT2D eigenvalue weighted by Gasteiger charge is -2.30. The number of unbranched alkanes of at least 4 members (excludes halogenated alkanes) is 1. The number of hydrogen-bond acceptors (Lipinski definition) is 2. The molecule has 0 saturated heterocycles. The molecule has 1 N–H and O–H groups in total. The first kappa shape index (κ1) is 17.7. The zero-order chi connectivity index (χ0) is 15.7. The summed E-state index contributed by atoms with van der Waals surface area (Å²) in [5.74, 6) is 0. The maximum Gasteiger partial charge on any atom is 0.233 e. The molecule has 0 spiro atoms. The van der Waals surface area contributed by atoms with Crippen LogP contribution in [0.3, 0.4) is 0 Å². The molecule has 0 unspecified atom stereocenters. The highest BCUT2D eigenvalue weighted by Gasteiger charge is 2.53. The molecule has 0 aromatic heterocycles. The molecule has 0 radical (unpaired) electrons. The Bertz CT molecular complexity index is 446. The Labute approximate surface area is 125 Å². The lowest BCUT2D eigenvalue weighted by Crippen LogP contribution is -2.45. The molecule has 0 heterocycles. The highest BCUT2D eigenvalue weighted by atomic mass is 32.2. The van der Waals surface area contributed by atoms with Gasteiger partial charge in [0.15, 0.2) is 0 Å². The SMILES string of the molecule is CC(C)(C)CCC/C=C/S(=O)(=O)NC1(C(C)(C)C)CC1. The largest absolute Gasteiger partial charge is 0.233 e. The molecule has 4 heteroatoms. The van der Waals surface area contributed by atoms with Gasteiger partial charge in [0.25, 0.3) is 0 Å². The van der Waals surface area contributed by atoms with Crippen LogP contribution in [-0.4, -0.2) is 14.0 Å². The Morgan fingerprint density at radius 2 is 1.65 bits per heavy atom. The van der Waals surface area contributed by atoms with Crippen molar-refractivity contribution in [2.45, 2.75) is 79.2 Å². The zero-order valence-electron chi connectivity index (χ0n) is 13.9. The summed E-state index contributed by atoms with van der Waals surface area (Å²) in [6, 6.07) is 0. The van der Waals surface area contributed by atoms with Gasteiger partial charge in [0.1, 0.15) is 0 Å². The fourth-order valence-corrected chi connectivity index (χ4v) is 3.89. The van der Waals surface area contributed by atoms with Gasteiger partial charge in [-0.15, -0.1) is 0 Å². The summed E-state index contributed by atoms with van der Waals surface area (Å²) in [5, 5.41) is 1.35. The van der Waals surface area contributed by atoms with Crippen LogP contribution in [0.1, 0.15) is 73.6 Å². The third kappa shape index (κ3) is 5.57. The van der Waals surface area contributed by atoms with Crippen molar-refractivity contribution in [2.75, 3.05) is 0 Å². The van der Waals surface area contributed by atoms with Crippen LogP contribution in [0.25, 0.3) is 0 Å². The van der Waals surface area contributed by atoms with E-state index >= 15 is 0 Å². The Kier molecular flexibility index (Phi) is 5.13. The topological polar surface area (TPSA) is 46.2 Å². The van der Waals surface area contributed by atoms with Crippen LogP contribution < -0.4 is 4.72 Å². The molecule has 1 fully saturated rings. The molecular weight excluding hydrogens is 270 g/mol. The number of nitrogens with one attached hydrogen (secondary N) is 1. The van der Waals surface area contributed by atoms with Gasteiger partial charge in [0, 0.05) is 10.9 Å². The molecule has 0 amide bonds. The average Bonchev–Trinajstić information content (AvgIpc) is 2.94. The van der Waals surface area contributed by atoms with E-state index in [1.165, 1.54) is 5.41 Å². The molecule has 0 aromatic carbocycles. The van der Waals surface area contributed by atoms with Crippen LogP contribution in [-0.2, 0) is 10.0 Å². The second-order valence-corrected chi connectivity index (χ2v) is 9.87. The standard InChI is InChI=1S/C16H31NO2S/c1-14(2,3)10-8-7-9-13-20(18,19)17-16(11-12-16)15(4,5)6/h9,13,17H,7-8,10-12H2,1-6H3/b13-9+. The van der Waals surface area contributed by atoms with Crippen molar-refractivity contribution in [3.8, 4) is 0 Å². The quantitative estimate of drug-likeness (QED) is 0.747. The van der Waals surface area contributed by atoms with E-state index in [1.807, 2.05) is 0 Å². The summed E-state index contributed by atoms with van der Waals surface area (Å²) in [4.78, 5) is 0. The summed E-state index contributed by atoms with van der Waals surface area (Å²) >= 11 is 0. The number of sulfonamides is 1. The first-order valence-electron chi connectivity index (χ1n) is 7.58. The van der Waals surface area contributed by atoms with Gasteiger partial charge in [-0.25, -0.2) is 13.1 Å². The van der Waals surface area contributed by atoms with Gasteiger partial charge in [-0.2, -0.15) is 0 Å². The molecule has 1 aliphatic rings. The van der Waals surface area contributed by atoms with Crippen molar-refractivity contribution in [2.24, 2.45) is 10.8 Å². The molecule has 118 valence electrons. The molecule has 1 aliphatic carbocycles. The summed E-state index contributed by atoms with van der Waals surface area (Å²) in [6.07, 6.45) is 6.62. The van der Waals surface area contributed by atoms with Crippen molar-refractivity contribution in [3.05, 3.63) is 11.5 Å². The Morgan fingerprint density at radius 1 is 1.10 bits per heavy atom. The number of hydrogen-bond donors (Lipinski definition) is 1. The first-order valence-corrected chi connectivity index (χ1v) is 9.12. The molecule has 0 aromatic rings. The van der Waals surface area contributed by atoms with Gasteiger partial charge in [-0.05, 0) is 42.9 Å². The van der Waals surface area contributed by atoms with E-state index < -0.39 is 10.0 Å². The van der Waals surface area contributed by atoms with Gasteiger partial charge in [0.2, 0.25) is 10.0 Å². The van der Waals surface area contributed by atoms with E-state index in [9.17, 15) is 8.42 Å². The average molecular weight is 301 g/mol. The van der Waals surface area contributed by atoms with Crippen LogP contribution in [0.5, 0.6) is 0 Å². The van der Waals surface area contributed by atoms with Crippen molar-refractivity contribution in [1.82, 2.24) is 4.72 Å². The first-order chi connectivity index (χ1) is 8.87. The normalized spacial score (nSPS) is 19.5. The van der Waals surface area contributed by atoms with Gasteiger partial charge in [-0.1, -0.05) is 47.6 Å². The third-order valence-electron chi connectivity index (χ3n) is 4.10. The molecule has 0 atom stereocenters. The fraction of sp³-hybridized carbons (Fsp3) is 0.875. The van der Waals surface area contributed by atoms with Crippen molar-refractivity contribution in [3.63, 3.8) is 0 Å². The Hall–Kier alpha value is -0.350. The van der Waals surface area contributed by atoms with E-state index in [4.69, 9.17) is 0 Å². The highest BCUT2D eigenvalue weighted by Crippen LogP contribution is 2.50. The molecule has 3 nitrogen and oxygen atoms in total. The van der Waals surface area contributed by atoms with Crippen LogP contribution in [0, 0.1) is 10.8 Å². The van der Waals surface area contributed by atoms with E-state index in [-0.39, 0.29) is 11.0 Å². The van der Waals surface area contributed by atoms with Crippen LogP contribution in [0.2, 0.25) is 0 Å². The van der Waals surface area contributed by atoms with Gasteiger partial charge < -0.3 is 0 Å². The maximum atomic E-state index is 12.1. The van der Waals surface area contributed by atoms with E-state index in [0.29, 0.717) is 5.41 Å². The lowest BCUT2D eigenvalue weighted by atomic mass is 9.85. The molecule has 20 heavy (non-hydrogen) atoms. The van der Waals surface area contributed by atoms with Gasteiger partial charge in [-0.3, -0.25) is 0 Å². The van der Waals surface area contributed by atoms with Crippen LogP contribution >= 0.6 is 0 Å². The minimum absolute atomic E-state index is 0.0276. The lowest BCUT2D eigenvalue weighted by molar-refractivity contribution is 0.279. The van der Waals surface area contributed by atoms with E-state index in [0.717, 1.165) is 32.1 Å². The third-order valence-corrected chi connectivity index (χ3v) is 5.32. The monoisotopic (exact) mass is 301 g/mol. The number of allylic oxidation sites excluding steroid dienone is 1. The van der Waals surface area contributed by atoms with E-state index in [2.05, 4.69) is 46.3 Å². The second-order valence-electron chi connectivity index (χ2n) is 8.30.